The number of ether oxygens (including phenoxy) is 1. The smallest absolute Gasteiger partial charge is 0.241 e. The molecule has 0 saturated heterocycles. The minimum atomic E-state index is -0.0631. The van der Waals surface area contributed by atoms with Crippen molar-refractivity contribution < 1.29 is 9.53 Å². The second kappa shape index (κ2) is 6.81. The molecule has 1 amide bonds. The van der Waals surface area contributed by atoms with E-state index in [2.05, 4.69) is 21.5 Å². The molecule has 0 spiro atoms. The molecular formula is C17H22N4O2. The Bertz CT molecular complexity index is 671. The molecule has 2 heterocycles. The zero-order valence-electron chi connectivity index (χ0n) is 13.6. The number of carbonyl (C=O) groups excluding carboxylic acids is 1. The van der Waals surface area contributed by atoms with Gasteiger partial charge in [-0.1, -0.05) is 32.0 Å². The van der Waals surface area contributed by atoms with E-state index in [1.165, 1.54) is 5.56 Å². The summed E-state index contributed by atoms with van der Waals surface area (Å²) in [5, 5.41) is 7.30. The molecule has 0 fully saturated rings. The average Bonchev–Trinajstić information content (AvgIpc) is 3.15. The summed E-state index contributed by atoms with van der Waals surface area (Å²) in [6.45, 7) is 4.73. The van der Waals surface area contributed by atoms with Crippen LogP contribution in [0.5, 0.6) is 5.75 Å². The number of fused-ring (bicyclic) bond motifs is 1. The highest BCUT2D eigenvalue weighted by Crippen LogP contribution is 2.27. The second-order valence-electron chi connectivity index (χ2n) is 5.66. The van der Waals surface area contributed by atoms with Crippen molar-refractivity contribution in [1.29, 1.82) is 0 Å². The van der Waals surface area contributed by atoms with E-state index < -0.39 is 0 Å². The van der Waals surface area contributed by atoms with Crippen LogP contribution in [0.4, 0.5) is 0 Å². The van der Waals surface area contributed by atoms with E-state index in [0.717, 1.165) is 36.7 Å². The van der Waals surface area contributed by atoms with Crippen LogP contribution in [0.15, 0.2) is 24.3 Å². The standard InChI is InChI=1S/C17H22N4O2/c1-3-15-19-16(4-2)21(20-15)11-17(22)18-10-13-9-12-7-5-6-8-14(12)23-13/h5-8,13H,3-4,9-11H2,1-2H3,(H,18,22)/t13-/m0/s1. The van der Waals surface area contributed by atoms with Crippen LogP contribution in [-0.2, 0) is 30.6 Å². The van der Waals surface area contributed by atoms with Crippen LogP contribution < -0.4 is 10.1 Å². The maximum atomic E-state index is 12.2. The topological polar surface area (TPSA) is 69.0 Å². The number of hydrogen-bond acceptors (Lipinski definition) is 4. The zero-order chi connectivity index (χ0) is 16.2. The van der Waals surface area contributed by atoms with Gasteiger partial charge >= 0.3 is 0 Å². The van der Waals surface area contributed by atoms with Crippen LogP contribution in [0.2, 0.25) is 0 Å². The lowest BCUT2D eigenvalue weighted by Crippen LogP contribution is -2.36. The Hall–Kier alpha value is -2.37. The molecule has 1 atom stereocenters. The lowest BCUT2D eigenvalue weighted by molar-refractivity contribution is -0.122. The summed E-state index contributed by atoms with van der Waals surface area (Å²) in [6.07, 6.45) is 2.38. The fourth-order valence-electron chi connectivity index (χ4n) is 2.75. The monoisotopic (exact) mass is 314 g/mol. The maximum absolute atomic E-state index is 12.2. The lowest BCUT2D eigenvalue weighted by atomic mass is 10.1. The number of hydrogen-bond donors (Lipinski definition) is 1. The van der Waals surface area contributed by atoms with Crippen LogP contribution in [0, 0.1) is 0 Å². The van der Waals surface area contributed by atoms with Gasteiger partial charge in [0.1, 0.15) is 24.2 Å². The highest BCUT2D eigenvalue weighted by molar-refractivity contribution is 5.75. The summed E-state index contributed by atoms with van der Waals surface area (Å²) in [5.41, 5.74) is 1.20. The molecule has 122 valence electrons. The molecule has 0 aliphatic carbocycles. The van der Waals surface area contributed by atoms with Crippen LogP contribution in [0.3, 0.4) is 0 Å². The van der Waals surface area contributed by atoms with Crippen LogP contribution in [-0.4, -0.2) is 33.3 Å². The van der Waals surface area contributed by atoms with E-state index in [9.17, 15) is 4.79 Å². The molecule has 1 aliphatic heterocycles. The van der Waals surface area contributed by atoms with Gasteiger partial charge in [-0.25, -0.2) is 9.67 Å². The molecule has 0 radical (unpaired) electrons. The number of amides is 1. The fourth-order valence-corrected chi connectivity index (χ4v) is 2.75. The van der Waals surface area contributed by atoms with Gasteiger partial charge in [0.25, 0.3) is 0 Å². The van der Waals surface area contributed by atoms with Crippen molar-refractivity contribution in [3.05, 3.63) is 41.5 Å². The first-order valence-corrected chi connectivity index (χ1v) is 8.13. The summed E-state index contributed by atoms with van der Waals surface area (Å²) in [7, 11) is 0. The van der Waals surface area contributed by atoms with Gasteiger partial charge in [-0.2, -0.15) is 5.10 Å². The Morgan fingerprint density at radius 1 is 1.35 bits per heavy atom. The predicted molar refractivity (Wildman–Crippen MR) is 86.3 cm³/mol. The fraction of sp³-hybridized carbons (Fsp3) is 0.471. The Morgan fingerprint density at radius 3 is 2.91 bits per heavy atom. The average molecular weight is 314 g/mol. The highest BCUT2D eigenvalue weighted by atomic mass is 16.5. The molecule has 3 rings (SSSR count). The van der Waals surface area contributed by atoms with Crippen molar-refractivity contribution >= 4 is 5.91 Å². The first kappa shape index (κ1) is 15.5. The summed E-state index contributed by atoms with van der Waals surface area (Å²) in [4.78, 5) is 16.6. The minimum absolute atomic E-state index is 0.00365. The van der Waals surface area contributed by atoms with Crippen molar-refractivity contribution in [1.82, 2.24) is 20.1 Å². The van der Waals surface area contributed by atoms with Crippen LogP contribution in [0.1, 0.15) is 31.1 Å². The first-order valence-electron chi connectivity index (χ1n) is 8.13. The first-order chi connectivity index (χ1) is 11.2. The van der Waals surface area contributed by atoms with Gasteiger partial charge in [0.05, 0.1) is 6.54 Å². The van der Waals surface area contributed by atoms with Gasteiger partial charge < -0.3 is 10.1 Å². The Labute approximate surface area is 135 Å². The van der Waals surface area contributed by atoms with E-state index in [0.29, 0.717) is 6.54 Å². The number of aromatic nitrogens is 3. The molecule has 23 heavy (non-hydrogen) atoms. The van der Waals surface area contributed by atoms with Crippen molar-refractivity contribution in [2.45, 2.75) is 45.8 Å². The summed E-state index contributed by atoms with van der Waals surface area (Å²) in [6, 6.07) is 7.99. The van der Waals surface area contributed by atoms with Gasteiger partial charge in [0.15, 0.2) is 5.82 Å². The number of aryl methyl sites for hydroxylation is 2. The zero-order valence-corrected chi connectivity index (χ0v) is 13.6. The quantitative estimate of drug-likeness (QED) is 0.878. The van der Waals surface area contributed by atoms with Crippen molar-refractivity contribution in [2.75, 3.05) is 6.54 Å². The Kier molecular flexibility index (Phi) is 4.60. The molecule has 1 aromatic carbocycles. The van der Waals surface area contributed by atoms with Gasteiger partial charge in [0.2, 0.25) is 5.91 Å². The predicted octanol–water partition coefficient (Wildman–Crippen LogP) is 1.52. The lowest BCUT2D eigenvalue weighted by Gasteiger charge is -2.12. The van der Waals surface area contributed by atoms with E-state index in [4.69, 9.17) is 4.74 Å². The largest absolute Gasteiger partial charge is 0.488 e. The number of para-hydroxylation sites is 1. The third-order valence-corrected chi connectivity index (χ3v) is 3.96. The van der Waals surface area contributed by atoms with E-state index >= 15 is 0 Å². The maximum Gasteiger partial charge on any atom is 0.241 e. The molecule has 2 aromatic rings. The number of benzene rings is 1. The van der Waals surface area contributed by atoms with Crippen LogP contribution >= 0.6 is 0 Å². The minimum Gasteiger partial charge on any atom is -0.488 e. The number of rotatable bonds is 6. The molecule has 1 aliphatic rings. The number of nitrogens with one attached hydrogen (secondary N) is 1. The number of nitrogens with zero attached hydrogens (tertiary/aromatic N) is 3. The van der Waals surface area contributed by atoms with Gasteiger partial charge in [-0.15, -0.1) is 0 Å². The third kappa shape index (κ3) is 3.52. The van der Waals surface area contributed by atoms with Crippen molar-refractivity contribution in [3.63, 3.8) is 0 Å². The molecule has 1 aromatic heterocycles. The summed E-state index contributed by atoms with van der Waals surface area (Å²) in [5.74, 6) is 2.49. The third-order valence-electron chi connectivity index (χ3n) is 3.96. The SMILES string of the molecule is CCc1nc(CC)n(CC(=O)NC[C@@H]2Cc3ccccc3O2)n1. The second-order valence-corrected chi connectivity index (χ2v) is 5.66. The summed E-state index contributed by atoms with van der Waals surface area (Å²) >= 11 is 0. The highest BCUT2D eigenvalue weighted by Gasteiger charge is 2.22. The molecule has 1 N–H and O–H groups in total. The molecular weight excluding hydrogens is 292 g/mol. The molecule has 0 unspecified atom stereocenters. The Morgan fingerprint density at radius 2 is 2.17 bits per heavy atom. The van der Waals surface area contributed by atoms with Gasteiger partial charge in [0, 0.05) is 19.3 Å². The molecule has 0 bridgehead atoms. The Balaban J connectivity index is 1.52. The molecule has 6 heteroatoms. The normalized spacial score (nSPS) is 16.0. The molecule has 0 saturated carbocycles. The van der Waals surface area contributed by atoms with E-state index in [1.807, 2.05) is 32.0 Å². The number of carbonyl (C=O) groups is 1. The van der Waals surface area contributed by atoms with Crippen molar-refractivity contribution in [2.24, 2.45) is 0 Å². The van der Waals surface area contributed by atoms with E-state index in [-0.39, 0.29) is 18.6 Å². The van der Waals surface area contributed by atoms with Gasteiger partial charge in [-0.05, 0) is 11.6 Å². The van der Waals surface area contributed by atoms with Crippen LogP contribution in [0.25, 0.3) is 0 Å². The summed E-state index contributed by atoms with van der Waals surface area (Å²) < 4.78 is 7.52. The molecule has 6 nitrogen and oxygen atoms in total. The van der Waals surface area contributed by atoms with Gasteiger partial charge in [-0.3, -0.25) is 4.79 Å². The van der Waals surface area contributed by atoms with E-state index in [1.54, 1.807) is 4.68 Å². The van der Waals surface area contributed by atoms with Crippen molar-refractivity contribution in [3.8, 4) is 5.75 Å².